The SMILES string of the molecule is CCN[C@@H]1CCOC[C@@H]1F. The molecule has 2 atom stereocenters. The molecule has 0 radical (unpaired) electrons. The Balaban J connectivity index is 2.25. The Morgan fingerprint density at radius 3 is 3.10 bits per heavy atom. The van der Waals surface area contributed by atoms with Gasteiger partial charge in [-0.25, -0.2) is 4.39 Å². The zero-order valence-electron chi connectivity index (χ0n) is 6.27. The van der Waals surface area contributed by atoms with Crippen molar-refractivity contribution >= 4 is 0 Å². The molecular formula is C7H14FNO. The fourth-order valence-electron chi connectivity index (χ4n) is 1.20. The Kier molecular flexibility index (Phi) is 3.09. The van der Waals surface area contributed by atoms with Gasteiger partial charge >= 0.3 is 0 Å². The van der Waals surface area contributed by atoms with Crippen LogP contribution in [0.3, 0.4) is 0 Å². The molecule has 0 amide bonds. The van der Waals surface area contributed by atoms with Gasteiger partial charge in [0.05, 0.1) is 6.61 Å². The summed E-state index contributed by atoms with van der Waals surface area (Å²) in [5, 5.41) is 3.08. The topological polar surface area (TPSA) is 21.3 Å². The van der Waals surface area contributed by atoms with E-state index < -0.39 is 6.17 Å². The van der Waals surface area contributed by atoms with Crippen LogP contribution in [0.25, 0.3) is 0 Å². The summed E-state index contributed by atoms with van der Waals surface area (Å²) in [5.74, 6) is 0. The highest BCUT2D eigenvalue weighted by atomic mass is 19.1. The molecule has 0 aromatic rings. The van der Waals surface area contributed by atoms with E-state index in [-0.39, 0.29) is 12.6 Å². The van der Waals surface area contributed by atoms with Crippen LogP contribution in [0.15, 0.2) is 0 Å². The maximum absolute atomic E-state index is 12.8. The summed E-state index contributed by atoms with van der Waals surface area (Å²) in [6, 6.07) is 0.0266. The van der Waals surface area contributed by atoms with Gasteiger partial charge in [0.1, 0.15) is 6.17 Å². The smallest absolute Gasteiger partial charge is 0.139 e. The van der Waals surface area contributed by atoms with Crippen molar-refractivity contribution < 1.29 is 9.13 Å². The summed E-state index contributed by atoms with van der Waals surface area (Å²) >= 11 is 0. The lowest BCUT2D eigenvalue weighted by Gasteiger charge is -2.26. The predicted octanol–water partition coefficient (Wildman–Crippen LogP) is 0.723. The summed E-state index contributed by atoms with van der Waals surface area (Å²) in [6.45, 7) is 3.78. The Morgan fingerprint density at radius 2 is 2.50 bits per heavy atom. The Morgan fingerprint density at radius 1 is 1.70 bits per heavy atom. The third-order valence-corrected chi connectivity index (χ3v) is 1.75. The van der Waals surface area contributed by atoms with Crippen LogP contribution in [-0.4, -0.2) is 32.0 Å². The van der Waals surface area contributed by atoms with Gasteiger partial charge < -0.3 is 10.1 Å². The molecule has 0 unspecified atom stereocenters. The second kappa shape index (κ2) is 3.88. The molecule has 0 aromatic heterocycles. The highest BCUT2D eigenvalue weighted by Gasteiger charge is 2.23. The van der Waals surface area contributed by atoms with Crippen molar-refractivity contribution in [1.82, 2.24) is 5.32 Å². The van der Waals surface area contributed by atoms with Gasteiger partial charge in [-0.3, -0.25) is 0 Å². The molecule has 0 spiro atoms. The van der Waals surface area contributed by atoms with Gasteiger partial charge in [0.25, 0.3) is 0 Å². The summed E-state index contributed by atoms with van der Waals surface area (Å²) in [5.41, 5.74) is 0. The monoisotopic (exact) mass is 147 g/mol. The number of halogens is 1. The summed E-state index contributed by atoms with van der Waals surface area (Å²) in [7, 11) is 0. The fraction of sp³-hybridized carbons (Fsp3) is 1.00. The van der Waals surface area contributed by atoms with E-state index in [0.29, 0.717) is 6.61 Å². The molecule has 1 N–H and O–H groups in total. The summed E-state index contributed by atoms with van der Waals surface area (Å²) in [6.07, 6.45) is -0.0108. The first-order valence-corrected chi connectivity index (χ1v) is 3.79. The molecule has 10 heavy (non-hydrogen) atoms. The average Bonchev–Trinajstić information content (AvgIpc) is 1.94. The maximum atomic E-state index is 12.8. The largest absolute Gasteiger partial charge is 0.378 e. The molecule has 1 fully saturated rings. The molecule has 2 nitrogen and oxygen atoms in total. The number of hydrogen-bond acceptors (Lipinski definition) is 2. The first-order valence-electron chi connectivity index (χ1n) is 3.79. The molecule has 1 heterocycles. The van der Waals surface area contributed by atoms with E-state index in [1.807, 2.05) is 6.92 Å². The van der Waals surface area contributed by atoms with E-state index in [9.17, 15) is 4.39 Å². The molecule has 1 aliphatic rings. The minimum absolute atomic E-state index is 0.0266. The molecule has 0 aliphatic carbocycles. The van der Waals surface area contributed by atoms with Crippen molar-refractivity contribution in [3.05, 3.63) is 0 Å². The third-order valence-electron chi connectivity index (χ3n) is 1.75. The van der Waals surface area contributed by atoms with Gasteiger partial charge in [-0.2, -0.15) is 0 Å². The minimum Gasteiger partial charge on any atom is -0.378 e. The minimum atomic E-state index is -0.811. The normalized spacial score (nSPS) is 34.2. The highest BCUT2D eigenvalue weighted by molar-refractivity contribution is 4.78. The summed E-state index contributed by atoms with van der Waals surface area (Å²) < 4.78 is 17.8. The predicted molar refractivity (Wildman–Crippen MR) is 37.8 cm³/mol. The molecular weight excluding hydrogens is 133 g/mol. The summed E-state index contributed by atoms with van der Waals surface area (Å²) in [4.78, 5) is 0. The van der Waals surface area contributed by atoms with Crippen LogP contribution in [-0.2, 0) is 4.74 Å². The number of hydrogen-bond donors (Lipinski definition) is 1. The molecule has 1 rings (SSSR count). The van der Waals surface area contributed by atoms with Crippen LogP contribution >= 0.6 is 0 Å². The van der Waals surface area contributed by atoms with Crippen molar-refractivity contribution in [2.75, 3.05) is 19.8 Å². The van der Waals surface area contributed by atoms with Crippen molar-refractivity contribution in [1.29, 1.82) is 0 Å². The Bertz CT molecular complexity index is 97.6. The first kappa shape index (κ1) is 7.95. The van der Waals surface area contributed by atoms with Crippen molar-refractivity contribution in [3.8, 4) is 0 Å². The van der Waals surface area contributed by atoms with Gasteiger partial charge in [0, 0.05) is 12.6 Å². The molecule has 1 saturated heterocycles. The van der Waals surface area contributed by atoms with Gasteiger partial charge in [0.15, 0.2) is 0 Å². The third kappa shape index (κ3) is 1.92. The van der Waals surface area contributed by atoms with Gasteiger partial charge in [-0.1, -0.05) is 6.92 Å². The standard InChI is InChI=1S/C7H14FNO/c1-2-9-7-3-4-10-5-6(7)8/h6-7,9H,2-5H2,1H3/t6-,7+/m0/s1. The lowest BCUT2D eigenvalue weighted by Crippen LogP contribution is -2.44. The number of alkyl halides is 1. The van der Waals surface area contributed by atoms with E-state index in [0.717, 1.165) is 13.0 Å². The number of rotatable bonds is 2. The number of nitrogens with one attached hydrogen (secondary N) is 1. The quantitative estimate of drug-likeness (QED) is 0.621. The van der Waals surface area contributed by atoms with E-state index in [1.54, 1.807) is 0 Å². The van der Waals surface area contributed by atoms with Crippen LogP contribution in [0.1, 0.15) is 13.3 Å². The zero-order chi connectivity index (χ0) is 7.40. The Labute approximate surface area is 60.8 Å². The molecule has 1 aliphatic heterocycles. The fourth-order valence-corrected chi connectivity index (χ4v) is 1.20. The molecule has 3 heteroatoms. The van der Waals surface area contributed by atoms with Gasteiger partial charge in [0.2, 0.25) is 0 Å². The average molecular weight is 147 g/mol. The van der Waals surface area contributed by atoms with Crippen LogP contribution in [0.4, 0.5) is 4.39 Å². The molecule has 0 bridgehead atoms. The molecule has 0 saturated carbocycles. The van der Waals surface area contributed by atoms with Crippen molar-refractivity contribution in [2.45, 2.75) is 25.6 Å². The van der Waals surface area contributed by atoms with Crippen molar-refractivity contribution in [2.24, 2.45) is 0 Å². The number of ether oxygens (including phenoxy) is 1. The van der Waals surface area contributed by atoms with Crippen LogP contribution in [0, 0.1) is 0 Å². The second-order valence-electron chi connectivity index (χ2n) is 2.54. The lowest BCUT2D eigenvalue weighted by molar-refractivity contribution is 0.0145. The van der Waals surface area contributed by atoms with Crippen molar-refractivity contribution in [3.63, 3.8) is 0 Å². The highest BCUT2D eigenvalue weighted by Crippen LogP contribution is 2.10. The lowest BCUT2D eigenvalue weighted by atomic mass is 10.1. The first-order chi connectivity index (χ1) is 4.84. The van der Waals surface area contributed by atoms with E-state index >= 15 is 0 Å². The molecule has 0 aromatic carbocycles. The zero-order valence-corrected chi connectivity index (χ0v) is 6.27. The van der Waals surface area contributed by atoms with Crippen LogP contribution < -0.4 is 5.32 Å². The van der Waals surface area contributed by atoms with E-state index in [1.165, 1.54) is 0 Å². The van der Waals surface area contributed by atoms with Gasteiger partial charge in [-0.15, -0.1) is 0 Å². The van der Waals surface area contributed by atoms with Crippen LogP contribution in [0.5, 0.6) is 0 Å². The van der Waals surface area contributed by atoms with E-state index in [2.05, 4.69) is 5.32 Å². The van der Waals surface area contributed by atoms with Gasteiger partial charge in [-0.05, 0) is 13.0 Å². The molecule has 60 valence electrons. The second-order valence-corrected chi connectivity index (χ2v) is 2.54. The maximum Gasteiger partial charge on any atom is 0.139 e. The van der Waals surface area contributed by atoms with Crippen LogP contribution in [0.2, 0.25) is 0 Å². The van der Waals surface area contributed by atoms with E-state index in [4.69, 9.17) is 4.74 Å². The Hall–Kier alpha value is -0.150.